The normalized spacial score (nSPS) is 11.2. The summed E-state index contributed by atoms with van der Waals surface area (Å²) < 4.78 is 10.9. The summed E-state index contributed by atoms with van der Waals surface area (Å²) in [7, 11) is 1.64. The third-order valence-corrected chi connectivity index (χ3v) is 4.24. The van der Waals surface area contributed by atoms with Gasteiger partial charge in [0.25, 0.3) is 0 Å². The fraction of sp³-hybridized carbons (Fsp3) is 0.389. The van der Waals surface area contributed by atoms with Gasteiger partial charge in [-0.25, -0.2) is 4.99 Å². The lowest BCUT2D eigenvalue weighted by molar-refractivity contribution is 0.311. The van der Waals surface area contributed by atoms with Crippen LogP contribution in [-0.4, -0.2) is 26.2 Å². The second-order valence-electron chi connectivity index (χ2n) is 5.13. The van der Waals surface area contributed by atoms with Gasteiger partial charge in [-0.15, -0.1) is 11.3 Å². The Labute approximate surface area is 147 Å². The van der Waals surface area contributed by atoms with E-state index in [-0.39, 0.29) is 0 Å². The van der Waals surface area contributed by atoms with Crippen molar-refractivity contribution in [2.24, 2.45) is 4.99 Å². The number of hydrogen-bond donors (Lipinski definition) is 2. The van der Waals surface area contributed by atoms with Crippen molar-refractivity contribution >= 4 is 23.0 Å². The molecule has 0 aliphatic heterocycles. The lowest BCUT2D eigenvalue weighted by atomic mass is 10.2. The van der Waals surface area contributed by atoms with Gasteiger partial charge in [-0.1, -0.05) is 0 Å². The van der Waals surface area contributed by atoms with Gasteiger partial charge in [0.15, 0.2) is 17.5 Å². The second-order valence-corrected chi connectivity index (χ2v) is 6.50. The van der Waals surface area contributed by atoms with Crippen molar-refractivity contribution in [3.8, 4) is 11.5 Å². The highest BCUT2D eigenvalue weighted by atomic mass is 32.1. The van der Waals surface area contributed by atoms with E-state index in [0.717, 1.165) is 23.9 Å². The molecule has 0 radical (unpaired) electrons. The lowest BCUT2D eigenvalue weighted by Crippen LogP contribution is -2.30. The predicted molar refractivity (Wildman–Crippen MR) is 102 cm³/mol. The summed E-state index contributed by atoms with van der Waals surface area (Å²) >= 11 is 1.77. The molecule has 0 aliphatic carbocycles. The fourth-order valence-corrected chi connectivity index (χ4v) is 3.01. The number of nitrogens with zero attached hydrogens (tertiary/aromatic N) is 1. The Kier molecular flexibility index (Phi) is 6.93. The topological polar surface area (TPSA) is 54.9 Å². The minimum Gasteiger partial charge on any atom is -0.493 e. The molecule has 5 nitrogen and oxygen atoms in total. The molecule has 130 valence electrons. The molecule has 2 N–H and O–H groups in total. The van der Waals surface area contributed by atoms with E-state index in [1.165, 1.54) is 9.75 Å². The molecule has 0 amide bonds. The summed E-state index contributed by atoms with van der Waals surface area (Å²) in [5.74, 6) is 2.18. The number of rotatable bonds is 7. The Balaban J connectivity index is 2.11. The monoisotopic (exact) mass is 347 g/mol. The maximum atomic E-state index is 5.55. The molecule has 1 aromatic heterocycles. The molecule has 0 saturated carbocycles. The third-order valence-electron chi connectivity index (χ3n) is 3.26. The molecule has 6 heteroatoms. The molecular weight excluding hydrogens is 322 g/mol. The van der Waals surface area contributed by atoms with Crippen molar-refractivity contribution in [3.05, 3.63) is 40.1 Å². The fourth-order valence-electron chi connectivity index (χ4n) is 2.19. The van der Waals surface area contributed by atoms with E-state index >= 15 is 0 Å². The van der Waals surface area contributed by atoms with Crippen LogP contribution in [0.5, 0.6) is 11.5 Å². The number of methoxy groups -OCH3 is 1. The molecule has 0 spiro atoms. The largest absolute Gasteiger partial charge is 0.493 e. The first-order valence-corrected chi connectivity index (χ1v) is 8.89. The average Bonchev–Trinajstić information content (AvgIpc) is 3.00. The highest BCUT2D eigenvalue weighted by Crippen LogP contribution is 2.30. The summed E-state index contributed by atoms with van der Waals surface area (Å²) in [6, 6.07) is 10.00. The van der Waals surface area contributed by atoms with Crippen LogP contribution in [0.4, 0.5) is 5.69 Å². The van der Waals surface area contributed by atoms with Crippen molar-refractivity contribution in [3.63, 3.8) is 0 Å². The summed E-state index contributed by atoms with van der Waals surface area (Å²) in [4.78, 5) is 7.18. The van der Waals surface area contributed by atoms with Gasteiger partial charge in [-0.05, 0) is 45.0 Å². The predicted octanol–water partition coefficient (Wildman–Crippen LogP) is 4.04. The summed E-state index contributed by atoms with van der Waals surface area (Å²) in [5, 5.41) is 6.57. The quantitative estimate of drug-likeness (QED) is 0.586. The van der Waals surface area contributed by atoms with E-state index in [0.29, 0.717) is 18.9 Å². The highest BCUT2D eigenvalue weighted by Gasteiger charge is 2.07. The van der Waals surface area contributed by atoms with Gasteiger partial charge in [0.2, 0.25) is 0 Å². The molecule has 2 aromatic rings. The molecule has 0 fully saturated rings. The molecule has 0 bridgehead atoms. The average molecular weight is 347 g/mol. The van der Waals surface area contributed by atoms with Crippen molar-refractivity contribution < 1.29 is 9.47 Å². The Morgan fingerprint density at radius 2 is 2.00 bits per heavy atom. The number of ether oxygens (including phenoxy) is 2. The molecule has 0 saturated heterocycles. The van der Waals surface area contributed by atoms with Crippen molar-refractivity contribution in [2.75, 3.05) is 25.6 Å². The maximum Gasteiger partial charge on any atom is 0.196 e. The van der Waals surface area contributed by atoms with Gasteiger partial charge < -0.3 is 20.1 Å². The first kappa shape index (κ1) is 18.1. The first-order chi connectivity index (χ1) is 11.7. The Hall–Kier alpha value is -2.21. The maximum absolute atomic E-state index is 5.55. The third kappa shape index (κ3) is 5.16. The van der Waals surface area contributed by atoms with Gasteiger partial charge >= 0.3 is 0 Å². The molecule has 24 heavy (non-hydrogen) atoms. The van der Waals surface area contributed by atoms with Crippen molar-refractivity contribution in [1.82, 2.24) is 5.32 Å². The molecule has 1 heterocycles. The number of aliphatic imine (C=N–C) groups is 1. The van der Waals surface area contributed by atoms with Crippen LogP contribution in [-0.2, 0) is 6.54 Å². The van der Waals surface area contributed by atoms with Crippen LogP contribution in [0.3, 0.4) is 0 Å². The van der Waals surface area contributed by atoms with Crippen molar-refractivity contribution in [2.45, 2.75) is 27.3 Å². The molecule has 2 rings (SSSR count). The first-order valence-electron chi connectivity index (χ1n) is 8.07. The van der Waals surface area contributed by atoms with Crippen LogP contribution >= 0.6 is 11.3 Å². The van der Waals surface area contributed by atoms with Gasteiger partial charge in [0.05, 0.1) is 20.3 Å². The second kappa shape index (κ2) is 9.17. The van der Waals surface area contributed by atoms with Crippen LogP contribution < -0.4 is 20.1 Å². The van der Waals surface area contributed by atoms with Gasteiger partial charge in [0, 0.05) is 28.1 Å². The van der Waals surface area contributed by atoms with Crippen molar-refractivity contribution in [1.29, 1.82) is 0 Å². The Morgan fingerprint density at radius 1 is 1.17 bits per heavy atom. The molecule has 1 aromatic carbocycles. The smallest absolute Gasteiger partial charge is 0.196 e. The van der Waals surface area contributed by atoms with E-state index in [9.17, 15) is 0 Å². The lowest BCUT2D eigenvalue weighted by Gasteiger charge is -2.14. The zero-order chi connectivity index (χ0) is 17.4. The number of aryl methyl sites for hydroxylation is 1. The van der Waals surface area contributed by atoms with Crippen LogP contribution in [0, 0.1) is 6.92 Å². The number of benzene rings is 1. The minimum atomic E-state index is 0.605. The standard InChI is InChI=1S/C18H25N3O2S/c1-5-19-18(20-12-15-9-7-13(3)24-15)21-14-8-10-16(23-6-2)17(11-14)22-4/h7-11H,5-6,12H2,1-4H3,(H2,19,20,21). The number of guanidine groups is 1. The Morgan fingerprint density at radius 3 is 2.62 bits per heavy atom. The minimum absolute atomic E-state index is 0.605. The van der Waals surface area contributed by atoms with E-state index in [2.05, 4.69) is 34.7 Å². The van der Waals surface area contributed by atoms with Gasteiger partial charge in [0.1, 0.15) is 0 Å². The molecule has 0 atom stereocenters. The zero-order valence-electron chi connectivity index (χ0n) is 14.7. The molecule has 0 aliphatic rings. The zero-order valence-corrected chi connectivity index (χ0v) is 15.5. The van der Waals surface area contributed by atoms with E-state index in [1.807, 2.05) is 32.0 Å². The summed E-state index contributed by atoms with van der Waals surface area (Å²) in [6.45, 7) is 8.16. The van der Waals surface area contributed by atoms with E-state index < -0.39 is 0 Å². The molecular formula is C18H25N3O2S. The highest BCUT2D eigenvalue weighted by molar-refractivity contribution is 7.11. The van der Waals surface area contributed by atoms with Crippen LogP contribution in [0.2, 0.25) is 0 Å². The number of anilines is 1. The number of hydrogen-bond acceptors (Lipinski definition) is 4. The van der Waals surface area contributed by atoms with Crippen LogP contribution in [0.25, 0.3) is 0 Å². The number of thiophene rings is 1. The summed E-state index contributed by atoms with van der Waals surface area (Å²) in [5.41, 5.74) is 0.900. The van der Waals surface area contributed by atoms with Gasteiger partial charge in [-0.3, -0.25) is 0 Å². The SMILES string of the molecule is CCNC(=NCc1ccc(C)s1)Nc1ccc(OCC)c(OC)c1. The van der Waals surface area contributed by atoms with E-state index in [1.54, 1.807) is 18.4 Å². The van der Waals surface area contributed by atoms with Gasteiger partial charge in [-0.2, -0.15) is 0 Å². The van der Waals surface area contributed by atoms with Crippen LogP contribution in [0.1, 0.15) is 23.6 Å². The molecule has 0 unspecified atom stereocenters. The van der Waals surface area contributed by atoms with E-state index in [4.69, 9.17) is 9.47 Å². The van der Waals surface area contributed by atoms with Crippen LogP contribution in [0.15, 0.2) is 35.3 Å². The number of nitrogens with one attached hydrogen (secondary N) is 2. The Bertz CT molecular complexity index is 683. The summed E-state index contributed by atoms with van der Waals surface area (Å²) in [6.07, 6.45) is 0.